The number of likely N-dealkylation sites (N-methyl/N-ethyl adjacent to an activating group) is 1. The molecule has 0 radical (unpaired) electrons. The summed E-state index contributed by atoms with van der Waals surface area (Å²) >= 11 is 0. The Morgan fingerprint density at radius 3 is 2.35 bits per heavy atom. The summed E-state index contributed by atoms with van der Waals surface area (Å²) in [6, 6.07) is 10.2. The Balaban J connectivity index is 1.84. The molecule has 0 bridgehead atoms. The van der Waals surface area contributed by atoms with Crippen molar-refractivity contribution in [1.29, 1.82) is 0 Å². The molecular formula is C20H25N5O. The molecule has 4 rings (SSSR count). The Morgan fingerprint density at radius 1 is 1.00 bits per heavy atom. The lowest BCUT2D eigenvalue weighted by Gasteiger charge is -2.34. The van der Waals surface area contributed by atoms with Crippen LogP contribution in [-0.2, 0) is 0 Å². The second-order valence-corrected chi connectivity index (χ2v) is 6.97. The molecule has 0 amide bonds. The smallest absolute Gasteiger partial charge is 0.165 e. The van der Waals surface area contributed by atoms with Gasteiger partial charge in [0.05, 0.1) is 12.8 Å². The van der Waals surface area contributed by atoms with E-state index < -0.39 is 0 Å². The number of aryl methyl sites for hydroxylation is 2. The molecule has 0 saturated carbocycles. The molecule has 6 nitrogen and oxygen atoms in total. The topological polar surface area (TPSA) is 45.9 Å². The minimum Gasteiger partial charge on any atom is -0.497 e. The highest BCUT2D eigenvalue weighted by Gasteiger charge is 2.21. The number of piperazine rings is 1. The van der Waals surface area contributed by atoms with E-state index in [1.807, 2.05) is 16.6 Å². The van der Waals surface area contributed by atoms with Crippen molar-refractivity contribution in [3.05, 3.63) is 41.7 Å². The van der Waals surface area contributed by atoms with Crippen LogP contribution >= 0.6 is 0 Å². The lowest BCUT2D eigenvalue weighted by molar-refractivity contribution is 0.311. The molecule has 0 aliphatic carbocycles. The van der Waals surface area contributed by atoms with Crippen molar-refractivity contribution in [2.45, 2.75) is 13.8 Å². The molecule has 0 N–H and O–H groups in total. The summed E-state index contributed by atoms with van der Waals surface area (Å²) in [6.45, 7) is 8.25. The maximum Gasteiger partial charge on any atom is 0.165 e. The Labute approximate surface area is 154 Å². The number of ether oxygens (including phenoxy) is 1. The number of anilines is 1. The van der Waals surface area contributed by atoms with Gasteiger partial charge in [-0.25, -0.2) is 4.98 Å². The van der Waals surface area contributed by atoms with Crippen LogP contribution in [0.15, 0.2) is 30.3 Å². The highest BCUT2D eigenvalue weighted by molar-refractivity contribution is 5.81. The minimum atomic E-state index is 0.852. The average Bonchev–Trinajstić information content (AvgIpc) is 2.97. The first-order chi connectivity index (χ1) is 12.6. The van der Waals surface area contributed by atoms with Gasteiger partial charge in [0.1, 0.15) is 11.6 Å². The summed E-state index contributed by atoms with van der Waals surface area (Å²) in [7, 11) is 3.85. The second kappa shape index (κ2) is 6.61. The summed E-state index contributed by atoms with van der Waals surface area (Å²) in [4.78, 5) is 9.59. The molecule has 0 spiro atoms. The van der Waals surface area contributed by atoms with Crippen LogP contribution in [0.1, 0.15) is 11.4 Å². The molecule has 1 aliphatic rings. The number of nitrogens with zero attached hydrogens (tertiary/aromatic N) is 5. The van der Waals surface area contributed by atoms with E-state index in [0.717, 1.165) is 65.9 Å². The monoisotopic (exact) mass is 351 g/mol. The van der Waals surface area contributed by atoms with Crippen LogP contribution in [0.3, 0.4) is 0 Å². The maximum atomic E-state index is 5.28. The predicted octanol–water partition coefficient (Wildman–Crippen LogP) is 2.77. The molecule has 3 aromatic rings. The molecule has 1 fully saturated rings. The largest absolute Gasteiger partial charge is 0.497 e. The third-order valence-electron chi connectivity index (χ3n) is 5.08. The van der Waals surface area contributed by atoms with Gasteiger partial charge in [-0.2, -0.15) is 9.61 Å². The van der Waals surface area contributed by atoms with E-state index in [0.29, 0.717) is 0 Å². The Bertz CT molecular complexity index is 924. The fraction of sp³-hybridized carbons (Fsp3) is 0.400. The van der Waals surface area contributed by atoms with E-state index in [9.17, 15) is 0 Å². The number of benzene rings is 1. The van der Waals surface area contributed by atoms with Crippen LogP contribution in [0.2, 0.25) is 0 Å². The van der Waals surface area contributed by atoms with Gasteiger partial charge in [-0.3, -0.25) is 0 Å². The first-order valence-corrected chi connectivity index (χ1v) is 9.01. The summed E-state index contributed by atoms with van der Waals surface area (Å²) in [5, 5.41) is 4.83. The van der Waals surface area contributed by atoms with E-state index in [2.05, 4.69) is 48.9 Å². The van der Waals surface area contributed by atoms with E-state index in [-0.39, 0.29) is 0 Å². The van der Waals surface area contributed by atoms with Crippen LogP contribution in [0, 0.1) is 13.8 Å². The van der Waals surface area contributed by atoms with Gasteiger partial charge in [-0.05, 0) is 38.6 Å². The Hall–Kier alpha value is -2.60. The average molecular weight is 351 g/mol. The zero-order chi connectivity index (χ0) is 18.3. The molecule has 26 heavy (non-hydrogen) atoms. The zero-order valence-electron chi connectivity index (χ0n) is 15.9. The van der Waals surface area contributed by atoms with E-state index in [1.54, 1.807) is 7.11 Å². The van der Waals surface area contributed by atoms with Gasteiger partial charge in [-0.1, -0.05) is 12.1 Å². The number of hydrogen-bond acceptors (Lipinski definition) is 5. The number of fused-ring (bicyclic) bond motifs is 1. The predicted molar refractivity (Wildman–Crippen MR) is 104 cm³/mol. The number of aromatic nitrogens is 3. The number of hydrogen-bond donors (Lipinski definition) is 0. The van der Waals surface area contributed by atoms with E-state index >= 15 is 0 Å². The molecule has 1 saturated heterocycles. The van der Waals surface area contributed by atoms with Crippen LogP contribution in [0.25, 0.3) is 16.8 Å². The minimum absolute atomic E-state index is 0.852. The van der Waals surface area contributed by atoms with Crippen LogP contribution in [-0.4, -0.2) is 59.8 Å². The highest BCUT2D eigenvalue weighted by atomic mass is 16.5. The van der Waals surface area contributed by atoms with Crippen LogP contribution < -0.4 is 9.64 Å². The van der Waals surface area contributed by atoms with Gasteiger partial charge in [0.15, 0.2) is 5.65 Å². The van der Waals surface area contributed by atoms with Gasteiger partial charge >= 0.3 is 0 Å². The van der Waals surface area contributed by atoms with E-state index in [4.69, 9.17) is 14.8 Å². The SMILES string of the molecule is COc1ccc(-c2c(C)nn3c(N4CCN(C)CC4)cc(C)nc23)cc1. The Kier molecular flexibility index (Phi) is 4.28. The summed E-state index contributed by atoms with van der Waals surface area (Å²) in [5.41, 5.74) is 5.12. The van der Waals surface area contributed by atoms with Gasteiger partial charge in [0, 0.05) is 43.5 Å². The first-order valence-electron chi connectivity index (χ1n) is 9.01. The first kappa shape index (κ1) is 16.8. The van der Waals surface area contributed by atoms with Crippen molar-refractivity contribution >= 4 is 11.5 Å². The van der Waals surface area contributed by atoms with Gasteiger partial charge in [-0.15, -0.1) is 0 Å². The standard InChI is InChI=1S/C20H25N5O/c1-14-13-18(24-11-9-23(3)10-12-24)25-20(21-14)19(15(2)22-25)16-5-7-17(26-4)8-6-16/h5-8,13H,9-12H2,1-4H3. The summed E-state index contributed by atoms with van der Waals surface area (Å²) in [5.74, 6) is 1.98. The Morgan fingerprint density at radius 2 is 1.69 bits per heavy atom. The van der Waals surface area contributed by atoms with Crippen molar-refractivity contribution in [3.8, 4) is 16.9 Å². The van der Waals surface area contributed by atoms with Gasteiger partial charge < -0.3 is 14.5 Å². The molecule has 1 aromatic carbocycles. The fourth-order valence-electron chi connectivity index (χ4n) is 3.58. The lowest BCUT2D eigenvalue weighted by atomic mass is 10.1. The van der Waals surface area contributed by atoms with Crippen LogP contribution in [0.4, 0.5) is 5.82 Å². The molecule has 3 heterocycles. The maximum absolute atomic E-state index is 5.28. The molecule has 2 aromatic heterocycles. The highest BCUT2D eigenvalue weighted by Crippen LogP contribution is 2.31. The molecule has 0 atom stereocenters. The quantitative estimate of drug-likeness (QED) is 0.726. The van der Waals surface area contributed by atoms with Crippen molar-refractivity contribution < 1.29 is 4.74 Å². The number of methoxy groups -OCH3 is 1. The van der Waals surface area contributed by atoms with Gasteiger partial charge in [0.25, 0.3) is 0 Å². The summed E-state index contributed by atoms with van der Waals surface area (Å²) in [6.07, 6.45) is 0. The molecule has 136 valence electrons. The van der Waals surface area contributed by atoms with Crippen molar-refractivity contribution in [3.63, 3.8) is 0 Å². The van der Waals surface area contributed by atoms with E-state index in [1.165, 1.54) is 0 Å². The van der Waals surface area contributed by atoms with Gasteiger partial charge in [0.2, 0.25) is 0 Å². The molecule has 6 heteroatoms. The van der Waals surface area contributed by atoms with Crippen molar-refractivity contribution in [2.75, 3.05) is 45.2 Å². The molecule has 0 unspecified atom stereocenters. The van der Waals surface area contributed by atoms with Crippen molar-refractivity contribution in [1.82, 2.24) is 19.5 Å². The molecular weight excluding hydrogens is 326 g/mol. The zero-order valence-corrected chi connectivity index (χ0v) is 15.9. The summed E-state index contributed by atoms with van der Waals surface area (Å²) < 4.78 is 7.29. The van der Waals surface area contributed by atoms with Crippen LogP contribution in [0.5, 0.6) is 5.75 Å². The number of rotatable bonds is 3. The normalized spacial score (nSPS) is 15.6. The molecule has 1 aliphatic heterocycles. The third-order valence-corrected chi connectivity index (χ3v) is 5.08. The lowest BCUT2D eigenvalue weighted by Crippen LogP contribution is -2.45. The fourth-order valence-corrected chi connectivity index (χ4v) is 3.58. The van der Waals surface area contributed by atoms with Crippen molar-refractivity contribution in [2.24, 2.45) is 0 Å². The second-order valence-electron chi connectivity index (χ2n) is 6.97. The third kappa shape index (κ3) is 2.90.